The van der Waals surface area contributed by atoms with Gasteiger partial charge in [-0.1, -0.05) is 25.1 Å². The lowest BCUT2D eigenvalue weighted by Crippen LogP contribution is -2.40. The number of halogens is 1. The zero-order valence-corrected chi connectivity index (χ0v) is 18.0. The monoisotopic (exact) mass is 435 g/mol. The summed E-state index contributed by atoms with van der Waals surface area (Å²) in [6, 6.07) is 7.51. The van der Waals surface area contributed by atoms with Crippen LogP contribution in [0.2, 0.25) is 0 Å². The molecule has 0 unspecified atom stereocenters. The standard InChI is InChI=1S/C25H26FN3O3/c1-3-12-29-23-20(13-17(14-27-23)16-6-8-18(26)9-7-16)22(30)21(25(29)32)24(31)28-19-10-4-15(2)5-11-19/h3,6-9,13-15,19,30H,1,4-5,10-12H2,2H3,(H,28,31). The fraction of sp³-hybridized carbons (Fsp3) is 0.320. The predicted molar refractivity (Wildman–Crippen MR) is 122 cm³/mol. The molecule has 3 aromatic rings. The van der Waals surface area contributed by atoms with E-state index >= 15 is 0 Å². The van der Waals surface area contributed by atoms with Crippen LogP contribution < -0.4 is 10.9 Å². The van der Waals surface area contributed by atoms with E-state index in [1.165, 1.54) is 22.8 Å². The molecule has 1 saturated carbocycles. The number of hydrogen-bond acceptors (Lipinski definition) is 4. The van der Waals surface area contributed by atoms with Crippen LogP contribution in [-0.2, 0) is 6.54 Å². The zero-order chi connectivity index (χ0) is 22.8. The number of nitrogens with zero attached hydrogens (tertiary/aromatic N) is 2. The van der Waals surface area contributed by atoms with E-state index in [1.807, 2.05) is 0 Å². The number of fused-ring (bicyclic) bond motifs is 1. The highest BCUT2D eigenvalue weighted by Crippen LogP contribution is 2.30. The van der Waals surface area contributed by atoms with Crippen molar-refractivity contribution in [3.05, 3.63) is 70.9 Å². The van der Waals surface area contributed by atoms with Crippen LogP contribution in [-0.4, -0.2) is 26.6 Å². The molecule has 1 aliphatic rings. The lowest BCUT2D eigenvalue weighted by atomic mass is 9.87. The fourth-order valence-corrected chi connectivity index (χ4v) is 4.28. The van der Waals surface area contributed by atoms with E-state index in [4.69, 9.17) is 0 Å². The number of pyridine rings is 2. The molecule has 2 N–H and O–H groups in total. The predicted octanol–water partition coefficient (Wildman–Crippen LogP) is 4.40. The average Bonchev–Trinajstić information content (AvgIpc) is 2.78. The topological polar surface area (TPSA) is 84.2 Å². The molecule has 166 valence electrons. The molecule has 0 atom stereocenters. The highest BCUT2D eigenvalue weighted by atomic mass is 19.1. The Hall–Kier alpha value is -3.48. The molecule has 1 fully saturated rings. The number of aromatic nitrogens is 2. The van der Waals surface area contributed by atoms with Crippen LogP contribution in [0.3, 0.4) is 0 Å². The summed E-state index contributed by atoms with van der Waals surface area (Å²) < 4.78 is 14.6. The molecule has 7 heteroatoms. The van der Waals surface area contributed by atoms with Gasteiger partial charge in [-0.2, -0.15) is 0 Å². The fourth-order valence-electron chi connectivity index (χ4n) is 4.28. The van der Waals surface area contributed by atoms with Crippen molar-refractivity contribution in [3.63, 3.8) is 0 Å². The van der Waals surface area contributed by atoms with Gasteiger partial charge in [0.2, 0.25) is 0 Å². The molecular weight excluding hydrogens is 409 g/mol. The van der Waals surface area contributed by atoms with Gasteiger partial charge in [-0.05, 0) is 55.4 Å². The van der Waals surface area contributed by atoms with Crippen molar-refractivity contribution < 1.29 is 14.3 Å². The van der Waals surface area contributed by atoms with E-state index in [0.29, 0.717) is 17.0 Å². The Morgan fingerprint density at radius 1 is 1.25 bits per heavy atom. The summed E-state index contributed by atoms with van der Waals surface area (Å²) in [4.78, 5) is 30.6. The number of aromatic hydroxyl groups is 1. The number of allylic oxidation sites excluding steroid dienone is 1. The average molecular weight is 435 g/mol. The van der Waals surface area contributed by atoms with Gasteiger partial charge in [0, 0.05) is 24.3 Å². The van der Waals surface area contributed by atoms with Crippen LogP contribution in [0.25, 0.3) is 22.2 Å². The summed E-state index contributed by atoms with van der Waals surface area (Å²) in [5, 5.41) is 14.2. The smallest absolute Gasteiger partial charge is 0.269 e. The van der Waals surface area contributed by atoms with E-state index in [9.17, 15) is 19.1 Å². The Balaban J connectivity index is 1.80. The van der Waals surface area contributed by atoms with Gasteiger partial charge in [0.25, 0.3) is 11.5 Å². The largest absolute Gasteiger partial charge is 0.506 e. The first kappa shape index (κ1) is 21.7. The van der Waals surface area contributed by atoms with Crippen molar-refractivity contribution in [3.8, 4) is 16.9 Å². The molecule has 0 radical (unpaired) electrons. The summed E-state index contributed by atoms with van der Waals surface area (Å²) in [7, 11) is 0. The zero-order valence-electron chi connectivity index (χ0n) is 18.0. The number of benzene rings is 1. The molecule has 2 heterocycles. The number of rotatable bonds is 5. The van der Waals surface area contributed by atoms with Crippen molar-refractivity contribution in [1.82, 2.24) is 14.9 Å². The molecule has 1 amide bonds. The first-order valence-electron chi connectivity index (χ1n) is 10.8. The van der Waals surface area contributed by atoms with Crippen molar-refractivity contribution in [1.29, 1.82) is 0 Å². The maximum atomic E-state index is 13.3. The van der Waals surface area contributed by atoms with E-state index in [-0.39, 0.29) is 35.0 Å². The van der Waals surface area contributed by atoms with Gasteiger partial charge in [0.05, 0.1) is 5.39 Å². The van der Waals surface area contributed by atoms with Crippen molar-refractivity contribution in [2.45, 2.75) is 45.2 Å². The summed E-state index contributed by atoms with van der Waals surface area (Å²) in [5.74, 6) is -0.721. The third-order valence-electron chi connectivity index (χ3n) is 6.14. The van der Waals surface area contributed by atoms with Crippen LogP contribution in [0.4, 0.5) is 4.39 Å². The minimum Gasteiger partial charge on any atom is -0.506 e. The van der Waals surface area contributed by atoms with Crippen molar-refractivity contribution >= 4 is 16.9 Å². The van der Waals surface area contributed by atoms with Crippen LogP contribution in [0.15, 0.2) is 54.0 Å². The molecule has 6 nitrogen and oxygen atoms in total. The second-order valence-electron chi connectivity index (χ2n) is 8.46. The Bertz CT molecular complexity index is 1230. The quantitative estimate of drug-likeness (QED) is 0.582. The molecule has 2 aromatic heterocycles. The number of amides is 1. The highest BCUT2D eigenvalue weighted by Gasteiger charge is 2.26. The Morgan fingerprint density at radius 2 is 1.94 bits per heavy atom. The maximum Gasteiger partial charge on any atom is 0.269 e. The van der Waals surface area contributed by atoms with Gasteiger partial charge in [0.15, 0.2) is 0 Å². The first-order valence-corrected chi connectivity index (χ1v) is 10.8. The van der Waals surface area contributed by atoms with E-state index < -0.39 is 17.2 Å². The second kappa shape index (κ2) is 8.94. The van der Waals surface area contributed by atoms with Gasteiger partial charge in [-0.15, -0.1) is 6.58 Å². The van der Waals surface area contributed by atoms with Crippen molar-refractivity contribution in [2.75, 3.05) is 0 Å². The van der Waals surface area contributed by atoms with Gasteiger partial charge in [-0.25, -0.2) is 9.37 Å². The summed E-state index contributed by atoms with van der Waals surface area (Å²) in [6.07, 6.45) is 6.81. The number of carbonyl (C=O) groups is 1. The number of hydrogen-bond donors (Lipinski definition) is 2. The molecule has 0 spiro atoms. The summed E-state index contributed by atoms with van der Waals surface area (Å²) in [5.41, 5.74) is 0.671. The molecular formula is C25H26FN3O3. The normalized spacial score (nSPS) is 18.4. The van der Waals surface area contributed by atoms with Gasteiger partial charge in [0.1, 0.15) is 22.8 Å². The van der Waals surface area contributed by atoms with Gasteiger partial charge < -0.3 is 10.4 Å². The van der Waals surface area contributed by atoms with Crippen LogP contribution in [0, 0.1) is 11.7 Å². The minimum absolute atomic E-state index is 0.0234. The lowest BCUT2D eigenvalue weighted by molar-refractivity contribution is 0.0918. The third-order valence-corrected chi connectivity index (χ3v) is 6.14. The van der Waals surface area contributed by atoms with E-state index in [1.54, 1.807) is 24.4 Å². The number of nitrogens with one attached hydrogen (secondary N) is 1. The Morgan fingerprint density at radius 3 is 2.59 bits per heavy atom. The van der Waals surface area contributed by atoms with Crippen LogP contribution in [0.5, 0.6) is 5.75 Å². The number of carbonyl (C=O) groups excluding carboxylic acids is 1. The molecule has 0 saturated heterocycles. The molecule has 0 bridgehead atoms. The third kappa shape index (κ3) is 4.15. The van der Waals surface area contributed by atoms with E-state index in [2.05, 4.69) is 23.8 Å². The van der Waals surface area contributed by atoms with E-state index in [0.717, 1.165) is 25.7 Å². The van der Waals surface area contributed by atoms with Crippen LogP contribution >= 0.6 is 0 Å². The Labute approximate surface area is 185 Å². The minimum atomic E-state index is -0.612. The molecule has 32 heavy (non-hydrogen) atoms. The molecule has 0 aliphatic heterocycles. The SMILES string of the molecule is C=CCn1c(=O)c(C(=O)NC2CCC(C)CC2)c(O)c2cc(-c3ccc(F)cc3)cnc21. The summed E-state index contributed by atoms with van der Waals surface area (Å²) >= 11 is 0. The lowest BCUT2D eigenvalue weighted by Gasteiger charge is -2.27. The van der Waals surface area contributed by atoms with Crippen LogP contribution in [0.1, 0.15) is 43.0 Å². The molecule has 4 rings (SSSR count). The maximum absolute atomic E-state index is 13.3. The summed E-state index contributed by atoms with van der Waals surface area (Å²) in [6.45, 7) is 6.01. The second-order valence-corrected chi connectivity index (χ2v) is 8.46. The molecule has 1 aromatic carbocycles. The first-order chi connectivity index (χ1) is 15.4. The van der Waals surface area contributed by atoms with Crippen molar-refractivity contribution in [2.24, 2.45) is 5.92 Å². The molecule has 1 aliphatic carbocycles. The van der Waals surface area contributed by atoms with Gasteiger partial charge >= 0.3 is 0 Å². The highest BCUT2D eigenvalue weighted by molar-refractivity contribution is 6.02. The Kier molecular flexibility index (Phi) is 6.08. The van der Waals surface area contributed by atoms with Gasteiger partial charge in [-0.3, -0.25) is 14.2 Å².